The third kappa shape index (κ3) is 3.90. The maximum Gasteiger partial charge on any atom is 0.181 e. The summed E-state index contributed by atoms with van der Waals surface area (Å²) in [6, 6.07) is 19.3. The summed E-state index contributed by atoms with van der Waals surface area (Å²) < 4.78 is 21.6. The summed E-state index contributed by atoms with van der Waals surface area (Å²) in [5, 5.41) is 4.05. The number of ether oxygens (including phenoxy) is 1. The van der Waals surface area contributed by atoms with Gasteiger partial charge < -0.3 is 4.74 Å². The van der Waals surface area contributed by atoms with Crippen molar-refractivity contribution < 1.29 is 9.13 Å². The molecular formula is C24H22FN3O. The molecule has 2 heterocycles. The smallest absolute Gasteiger partial charge is 0.181 e. The van der Waals surface area contributed by atoms with Crippen LogP contribution in [0.1, 0.15) is 30.5 Å². The molecule has 0 unspecified atom stereocenters. The zero-order chi connectivity index (χ0) is 20.4. The van der Waals surface area contributed by atoms with Gasteiger partial charge in [-0.25, -0.2) is 14.1 Å². The van der Waals surface area contributed by atoms with E-state index in [0.29, 0.717) is 11.6 Å². The molecule has 0 saturated carbocycles. The van der Waals surface area contributed by atoms with Crippen LogP contribution >= 0.6 is 0 Å². The Hall–Kier alpha value is -3.47. The van der Waals surface area contributed by atoms with Crippen LogP contribution in [-0.4, -0.2) is 14.8 Å². The molecule has 29 heavy (non-hydrogen) atoms. The zero-order valence-corrected chi connectivity index (χ0v) is 16.6. The van der Waals surface area contributed by atoms with E-state index in [2.05, 4.69) is 55.1 Å². The molecular weight excluding hydrogens is 365 g/mol. The van der Waals surface area contributed by atoms with Gasteiger partial charge in [0.2, 0.25) is 0 Å². The number of aromatic nitrogens is 3. The molecule has 4 nitrogen and oxygen atoms in total. The van der Waals surface area contributed by atoms with Gasteiger partial charge in [0.05, 0.1) is 6.20 Å². The van der Waals surface area contributed by atoms with Gasteiger partial charge in [0.15, 0.2) is 17.4 Å². The largest absolute Gasteiger partial charge is 0.453 e. The number of nitrogens with zero attached hydrogens (tertiary/aromatic N) is 3. The molecule has 2 aromatic heterocycles. The summed E-state index contributed by atoms with van der Waals surface area (Å²) in [4.78, 5) is 4.22. The van der Waals surface area contributed by atoms with Gasteiger partial charge in [-0.05, 0) is 36.2 Å². The van der Waals surface area contributed by atoms with Crippen molar-refractivity contribution in [2.45, 2.75) is 26.2 Å². The van der Waals surface area contributed by atoms with Crippen molar-refractivity contribution >= 4 is 0 Å². The molecule has 0 spiro atoms. The highest BCUT2D eigenvalue weighted by Gasteiger charge is 2.23. The molecule has 146 valence electrons. The van der Waals surface area contributed by atoms with E-state index in [1.54, 1.807) is 18.5 Å². The Kier molecular flexibility index (Phi) is 4.89. The Morgan fingerprint density at radius 3 is 2.21 bits per heavy atom. The second-order valence-electron chi connectivity index (χ2n) is 7.54. The second kappa shape index (κ2) is 7.51. The lowest BCUT2D eigenvalue weighted by molar-refractivity contribution is 0.438. The maximum atomic E-state index is 14.4. The summed E-state index contributed by atoms with van der Waals surface area (Å²) >= 11 is 0. The lowest BCUT2D eigenvalue weighted by atomic mass is 9.78. The van der Waals surface area contributed by atoms with Crippen LogP contribution in [0, 0.1) is 12.7 Å². The number of aryl methyl sites for hydroxylation is 1. The average molecular weight is 387 g/mol. The molecule has 0 atom stereocenters. The van der Waals surface area contributed by atoms with Crippen LogP contribution in [0.25, 0.3) is 5.82 Å². The fraction of sp³-hybridized carbons (Fsp3) is 0.167. The second-order valence-corrected chi connectivity index (χ2v) is 7.54. The molecule has 0 radical (unpaired) electrons. The first-order valence-electron chi connectivity index (χ1n) is 9.44. The van der Waals surface area contributed by atoms with Gasteiger partial charge in [-0.3, -0.25) is 0 Å². The van der Waals surface area contributed by atoms with Crippen molar-refractivity contribution in [2.24, 2.45) is 0 Å². The van der Waals surface area contributed by atoms with Crippen molar-refractivity contribution in [3.8, 4) is 17.3 Å². The first kappa shape index (κ1) is 18.9. The van der Waals surface area contributed by atoms with E-state index in [0.717, 1.165) is 5.56 Å². The molecule has 0 aliphatic rings. The summed E-state index contributed by atoms with van der Waals surface area (Å²) in [7, 11) is 0. The number of benzene rings is 2. The maximum absolute atomic E-state index is 14.4. The SMILES string of the molecule is Cc1ccc(C(C)(C)c2ccc(Oc3cnc(-n4cccn4)cc3F)cc2)cc1. The van der Waals surface area contributed by atoms with Gasteiger partial charge in [0, 0.05) is 23.9 Å². The van der Waals surface area contributed by atoms with Crippen LogP contribution in [0.15, 0.2) is 79.3 Å². The minimum Gasteiger partial charge on any atom is -0.453 e. The monoisotopic (exact) mass is 387 g/mol. The summed E-state index contributed by atoms with van der Waals surface area (Å²) in [6.45, 7) is 6.45. The predicted molar refractivity (Wildman–Crippen MR) is 111 cm³/mol. The highest BCUT2D eigenvalue weighted by molar-refractivity contribution is 5.42. The first-order valence-corrected chi connectivity index (χ1v) is 9.44. The average Bonchev–Trinajstić information content (AvgIpc) is 3.25. The molecule has 0 aliphatic carbocycles. The van der Waals surface area contributed by atoms with Crippen LogP contribution in [-0.2, 0) is 5.41 Å². The van der Waals surface area contributed by atoms with Crippen molar-refractivity contribution in [1.29, 1.82) is 0 Å². The molecule has 5 heteroatoms. The predicted octanol–water partition coefficient (Wildman–Crippen LogP) is 5.83. The Balaban J connectivity index is 1.53. The third-order valence-electron chi connectivity index (χ3n) is 5.12. The number of halogens is 1. The molecule has 0 N–H and O–H groups in total. The summed E-state index contributed by atoms with van der Waals surface area (Å²) in [5.74, 6) is 0.539. The van der Waals surface area contributed by atoms with Crippen LogP contribution < -0.4 is 4.74 Å². The zero-order valence-electron chi connectivity index (χ0n) is 16.6. The van der Waals surface area contributed by atoms with Crippen LogP contribution in [0.5, 0.6) is 11.5 Å². The van der Waals surface area contributed by atoms with Gasteiger partial charge in [-0.2, -0.15) is 5.10 Å². The fourth-order valence-corrected chi connectivity index (χ4v) is 3.22. The quantitative estimate of drug-likeness (QED) is 0.432. The Bertz CT molecular complexity index is 1100. The Morgan fingerprint density at radius 2 is 1.62 bits per heavy atom. The highest BCUT2D eigenvalue weighted by Crippen LogP contribution is 2.33. The van der Waals surface area contributed by atoms with E-state index in [1.165, 1.54) is 28.1 Å². The molecule has 0 amide bonds. The van der Waals surface area contributed by atoms with Gasteiger partial charge >= 0.3 is 0 Å². The van der Waals surface area contributed by atoms with E-state index in [4.69, 9.17) is 4.74 Å². The minimum atomic E-state index is -0.491. The van der Waals surface area contributed by atoms with Crippen molar-refractivity contribution in [1.82, 2.24) is 14.8 Å². The molecule has 0 saturated heterocycles. The molecule has 0 fully saturated rings. The lowest BCUT2D eigenvalue weighted by Crippen LogP contribution is -2.18. The number of hydrogen-bond acceptors (Lipinski definition) is 3. The lowest BCUT2D eigenvalue weighted by Gasteiger charge is -2.26. The van der Waals surface area contributed by atoms with Crippen molar-refractivity contribution in [2.75, 3.05) is 0 Å². The molecule has 4 rings (SSSR count). The normalized spacial score (nSPS) is 11.4. The van der Waals surface area contributed by atoms with E-state index in [9.17, 15) is 4.39 Å². The number of pyridine rings is 1. The van der Waals surface area contributed by atoms with Gasteiger partial charge in [0.1, 0.15) is 5.75 Å². The van der Waals surface area contributed by atoms with E-state index < -0.39 is 5.82 Å². The van der Waals surface area contributed by atoms with Crippen LogP contribution in [0.2, 0.25) is 0 Å². The Morgan fingerprint density at radius 1 is 0.966 bits per heavy atom. The van der Waals surface area contributed by atoms with Crippen molar-refractivity contribution in [3.05, 3.63) is 102 Å². The standard InChI is InChI=1S/C24H22FN3O/c1-17-5-7-18(8-6-17)24(2,3)19-9-11-20(12-10-19)29-22-16-26-23(15-21(22)25)28-14-4-13-27-28/h4-16H,1-3H3. The molecule has 0 bridgehead atoms. The number of rotatable bonds is 5. The van der Waals surface area contributed by atoms with Crippen molar-refractivity contribution in [3.63, 3.8) is 0 Å². The van der Waals surface area contributed by atoms with Crippen LogP contribution in [0.4, 0.5) is 4.39 Å². The van der Waals surface area contributed by atoms with E-state index in [1.807, 2.05) is 24.3 Å². The Labute approximate surface area is 169 Å². The minimum absolute atomic E-state index is 0.0754. The molecule has 2 aromatic carbocycles. The van der Waals surface area contributed by atoms with Crippen LogP contribution in [0.3, 0.4) is 0 Å². The van der Waals surface area contributed by atoms with Gasteiger partial charge in [-0.1, -0.05) is 55.8 Å². The molecule has 0 aliphatic heterocycles. The molecule has 4 aromatic rings. The van der Waals surface area contributed by atoms with Gasteiger partial charge in [0.25, 0.3) is 0 Å². The number of hydrogen-bond donors (Lipinski definition) is 0. The summed E-state index contributed by atoms with van der Waals surface area (Å²) in [5.41, 5.74) is 3.48. The van der Waals surface area contributed by atoms with Gasteiger partial charge in [-0.15, -0.1) is 0 Å². The topological polar surface area (TPSA) is 39.9 Å². The summed E-state index contributed by atoms with van der Waals surface area (Å²) in [6.07, 6.45) is 4.69. The van der Waals surface area contributed by atoms with E-state index in [-0.39, 0.29) is 11.2 Å². The third-order valence-corrected chi connectivity index (χ3v) is 5.12. The fourth-order valence-electron chi connectivity index (χ4n) is 3.22. The van der Waals surface area contributed by atoms with E-state index >= 15 is 0 Å². The highest BCUT2D eigenvalue weighted by atomic mass is 19.1. The first-order chi connectivity index (χ1) is 13.9.